The Morgan fingerprint density at radius 2 is 2.15 bits per heavy atom. The molecule has 1 aromatic carbocycles. The van der Waals surface area contributed by atoms with Crippen LogP contribution >= 0.6 is 0 Å². The number of hydrogen-bond acceptors (Lipinski definition) is 4. The van der Waals surface area contributed by atoms with E-state index in [1.165, 1.54) is 5.56 Å². The van der Waals surface area contributed by atoms with Gasteiger partial charge in [-0.05, 0) is 24.7 Å². The van der Waals surface area contributed by atoms with Crippen molar-refractivity contribution in [1.82, 2.24) is 4.90 Å². The molecule has 1 aromatic heterocycles. The fourth-order valence-electron chi connectivity index (χ4n) is 2.50. The summed E-state index contributed by atoms with van der Waals surface area (Å²) in [6.45, 7) is 6.42. The van der Waals surface area contributed by atoms with Gasteiger partial charge in [0.1, 0.15) is 18.1 Å². The molecule has 4 nitrogen and oxygen atoms in total. The average molecular weight is 272 g/mol. The van der Waals surface area contributed by atoms with Crippen molar-refractivity contribution in [2.45, 2.75) is 20.0 Å². The molecule has 1 aliphatic rings. The molecule has 0 unspecified atom stereocenters. The number of benzene rings is 1. The third-order valence-electron chi connectivity index (χ3n) is 3.56. The second kappa shape index (κ2) is 6.01. The maximum Gasteiger partial charge on any atom is 0.146 e. The van der Waals surface area contributed by atoms with Gasteiger partial charge < -0.3 is 14.5 Å². The minimum atomic E-state index is 0.730. The Morgan fingerprint density at radius 1 is 1.20 bits per heavy atom. The van der Waals surface area contributed by atoms with E-state index in [1.54, 1.807) is 6.26 Å². The van der Waals surface area contributed by atoms with Crippen molar-refractivity contribution in [2.75, 3.05) is 25.0 Å². The van der Waals surface area contributed by atoms with E-state index in [9.17, 15) is 0 Å². The van der Waals surface area contributed by atoms with Gasteiger partial charge in [0, 0.05) is 18.7 Å². The van der Waals surface area contributed by atoms with Gasteiger partial charge in [-0.2, -0.15) is 0 Å². The fraction of sp³-hybridized carbons (Fsp3) is 0.375. The summed E-state index contributed by atoms with van der Waals surface area (Å²) in [5.74, 6) is 1.99. The lowest BCUT2D eigenvalue weighted by Gasteiger charge is -2.25. The molecular weight excluding hydrogens is 252 g/mol. The SMILES string of the molecule is CCN(Cc1ccco1)Cc1cccc2c1OCCN2. The van der Waals surface area contributed by atoms with Crippen molar-refractivity contribution < 1.29 is 9.15 Å². The molecule has 0 fully saturated rings. The van der Waals surface area contributed by atoms with Crippen LogP contribution in [0.5, 0.6) is 5.75 Å². The van der Waals surface area contributed by atoms with Crippen LogP contribution in [0.3, 0.4) is 0 Å². The van der Waals surface area contributed by atoms with Crippen LogP contribution in [0.1, 0.15) is 18.2 Å². The number of anilines is 1. The van der Waals surface area contributed by atoms with Crippen LogP contribution in [-0.2, 0) is 13.1 Å². The molecule has 0 atom stereocenters. The lowest BCUT2D eigenvalue weighted by molar-refractivity contribution is 0.240. The number of fused-ring (bicyclic) bond motifs is 1. The van der Waals surface area contributed by atoms with E-state index >= 15 is 0 Å². The van der Waals surface area contributed by atoms with Gasteiger partial charge in [-0.3, -0.25) is 4.90 Å². The molecule has 0 spiro atoms. The van der Waals surface area contributed by atoms with Gasteiger partial charge in [0.15, 0.2) is 0 Å². The largest absolute Gasteiger partial charge is 0.489 e. The molecule has 0 radical (unpaired) electrons. The van der Waals surface area contributed by atoms with Crippen LogP contribution in [0.4, 0.5) is 5.69 Å². The van der Waals surface area contributed by atoms with Crippen molar-refractivity contribution in [3.63, 3.8) is 0 Å². The minimum Gasteiger partial charge on any atom is -0.489 e. The molecule has 0 aliphatic carbocycles. The zero-order chi connectivity index (χ0) is 13.8. The maximum absolute atomic E-state index is 5.82. The standard InChI is InChI=1S/C16H20N2O2/c1-2-18(12-14-6-4-9-19-14)11-13-5-3-7-15-16(13)20-10-8-17-15/h3-7,9,17H,2,8,10-12H2,1H3. The average Bonchev–Trinajstić information content (AvgIpc) is 3.00. The van der Waals surface area contributed by atoms with Gasteiger partial charge in [-0.25, -0.2) is 0 Å². The molecule has 0 saturated carbocycles. The van der Waals surface area contributed by atoms with E-state index in [-0.39, 0.29) is 0 Å². The molecule has 4 heteroatoms. The number of ether oxygens (including phenoxy) is 1. The van der Waals surface area contributed by atoms with Gasteiger partial charge >= 0.3 is 0 Å². The molecule has 106 valence electrons. The summed E-state index contributed by atoms with van der Waals surface area (Å²) in [6.07, 6.45) is 1.72. The van der Waals surface area contributed by atoms with Crippen molar-refractivity contribution in [2.24, 2.45) is 0 Å². The molecule has 0 bridgehead atoms. The number of rotatable bonds is 5. The Morgan fingerprint density at radius 3 is 2.95 bits per heavy atom. The van der Waals surface area contributed by atoms with Gasteiger partial charge in [-0.1, -0.05) is 19.1 Å². The fourth-order valence-corrected chi connectivity index (χ4v) is 2.50. The van der Waals surface area contributed by atoms with Gasteiger partial charge in [0.2, 0.25) is 0 Å². The van der Waals surface area contributed by atoms with E-state index in [2.05, 4.69) is 35.3 Å². The molecule has 0 amide bonds. The van der Waals surface area contributed by atoms with Gasteiger partial charge in [0.25, 0.3) is 0 Å². The molecule has 3 rings (SSSR count). The normalized spacial score (nSPS) is 13.7. The Labute approximate surface area is 119 Å². The predicted molar refractivity (Wildman–Crippen MR) is 78.9 cm³/mol. The van der Waals surface area contributed by atoms with Crippen molar-refractivity contribution in [1.29, 1.82) is 0 Å². The minimum absolute atomic E-state index is 0.730. The smallest absolute Gasteiger partial charge is 0.146 e. The first kappa shape index (κ1) is 13.1. The number of para-hydroxylation sites is 1. The van der Waals surface area contributed by atoms with Crippen LogP contribution in [0.25, 0.3) is 0 Å². The zero-order valence-electron chi connectivity index (χ0n) is 11.8. The van der Waals surface area contributed by atoms with Crippen molar-refractivity contribution in [3.8, 4) is 5.75 Å². The number of hydrogen-bond donors (Lipinski definition) is 1. The molecular formula is C16H20N2O2. The van der Waals surface area contributed by atoms with E-state index in [1.807, 2.05) is 12.1 Å². The number of nitrogens with one attached hydrogen (secondary N) is 1. The van der Waals surface area contributed by atoms with Crippen molar-refractivity contribution in [3.05, 3.63) is 47.9 Å². The molecule has 2 heterocycles. The zero-order valence-corrected chi connectivity index (χ0v) is 11.8. The highest BCUT2D eigenvalue weighted by Gasteiger charge is 2.16. The van der Waals surface area contributed by atoms with Crippen LogP contribution in [-0.4, -0.2) is 24.6 Å². The lowest BCUT2D eigenvalue weighted by Crippen LogP contribution is -2.24. The monoisotopic (exact) mass is 272 g/mol. The molecule has 20 heavy (non-hydrogen) atoms. The summed E-state index contributed by atoms with van der Waals surface area (Å²) in [6, 6.07) is 10.2. The Balaban J connectivity index is 1.75. The first-order chi connectivity index (χ1) is 9.86. The van der Waals surface area contributed by atoms with E-state index in [0.29, 0.717) is 0 Å². The topological polar surface area (TPSA) is 37.6 Å². The first-order valence-corrected chi connectivity index (χ1v) is 7.10. The quantitative estimate of drug-likeness (QED) is 0.907. The predicted octanol–water partition coefficient (Wildman–Crippen LogP) is 3.11. The Bertz CT molecular complexity index is 552. The van der Waals surface area contributed by atoms with Gasteiger partial charge in [-0.15, -0.1) is 0 Å². The van der Waals surface area contributed by atoms with Gasteiger partial charge in [0.05, 0.1) is 18.5 Å². The lowest BCUT2D eigenvalue weighted by atomic mass is 10.1. The summed E-state index contributed by atoms with van der Waals surface area (Å²) < 4.78 is 11.3. The summed E-state index contributed by atoms with van der Waals surface area (Å²) in [5.41, 5.74) is 2.32. The van der Waals surface area contributed by atoms with Crippen LogP contribution in [0, 0.1) is 0 Å². The van der Waals surface area contributed by atoms with E-state index in [0.717, 1.165) is 50.0 Å². The second-order valence-electron chi connectivity index (χ2n) is 4.95. The highest BCUT2D eigenvalue weighted by atomic mass is 16.5. The maximum atomic E-state index is 5.82. The summed E-state index contributed by atoms with van der Waals surface area (Å²) in [4.78, 5) is 2.34. The number of furan rings is 1. The molecule has 2 aromatic rings. The van der Waals surface area contributed by atoms with Crippen LogP contribution in [0.15, 0.2) is 41.0 Å². The van der Waals surface area contributed by atoms with E-state index in [4.69, 9.17) is 9.15 Å². The summed E-state index contributed by atoms with van der Waals surface area (Å²) in [5, 5.41) is 3.38. The van der Waals surface area contributed by atoms with E-state index < -0.39 is 0 Å². The van der Waals surface area contributed by atoms with Crippen molar-refractivity contribution >= 4 is 5.69 Å². The third-order valence-corrected chi connectivity index (χ3v) is 3.56. The summed E-state index contributed by atoms with van der Waals surface area (Å²) in [7, 11) is 0. The second-order valence-corrected chi connectivity index (χ2v) is 4.95. The molecule has 1 aliphatic heterocycles. The highest BCUT2D eigenvalue weighted by molar-refractivity contribution is 5.61. The molecule has 1 N–H and O–H groups in total. The Kier molecular flexibility index (Phi) is 3.92. The van der Waals surface area contributed by atoms with Crippen LogP contribution < -0.4 is 10.1 Å². The summed E-state index contributed by atoms with van der Waals surface area (Å²) >= 11 is 0. The molecule has 0 saturated heterocycles. The highest BCUT2D eigenvalue weighted by Crippen LogP contribution is 2.32. The van der Waals surface area contributed by atoms with Crippen LogP contribution in [0.2, 0.25) is 0 Å². The third kappa shape index (κ3) is 2.80. The Hall–Kier alpha value is -1.94. The first-order valence-electron chi connectivity index (χ1n) is 7.10. The number of nitrogens with zero attached hydrogens (tertiary/aromatic N) is 1.